The van der Waals surface area contributed by atoms with Gasteiger partial charge in [0.1, 0.15) is 6.33 Å². The number of aliphatic imine (C=N–C) groups is 1. The first-order valence-electron chi connectivity index (χ1n) is 12.7. The fourth-order valence-corrected chi connectivity index (χ4v) is 4.52. The lowest BCUT2D eigenvalue weighted by atomic mass is 10.1. The SMILES string of the molecule is CCSc1ccc(CN=C(C=O)Nc2ncc(-c3c(C)ncnc3C3CC3)nc2N(C)[C@@H](C)CC)cn1. The Morgan fingerprint density at radius 1 is 1.22 bits per heavy atom. The predicted octanol–water partition coefficient (Wildman–Crippen LogP) is 5.07. The van der Waals surface area contributed by atoms with Crippen LogP contribution in [0, 0.1) is 6.92 Å². The molecule has 3 aromatic heterocycles. The number of pyridine rings is 1. The summed E-state index contributed by atoms with van der Waals surface area (Å²) < 4.78 is 0. The number of rotatable bonds is 11. The number of aldehydes is 1. The van der Waals surface area contributed by atoms with Crippen molar-refractivity contribution in [3.63, 3.8) is 0 Å². The lowest BCUT2D eigenvalue weighted by Crippen LogP contribution is -2.31. The molecule has 0 unspecified atom stereocenters. The van der Waals surface area contributed by atoms with E-state index in [-0.39, 0.29) is 11.9 Å². The highest BCUT2D eigenvalue weighted by Crippen LogP contribution is 2.43. The standard InChI is InChI=1S/C27H34N8OS/c1-6-17(3)35(5)27-26(34-22(15-36)28-12-19-8-11-23(29-13-19)37-7-2)30-14-21(33-27)24-18(4)31-16-32-25(24)20-9-10-20/h8,11,13-17,20H,6-7,9-10,12H2,1-5H3,(H,28,30,34)/t17-/m0/s1. The Hall–Kier alpha value is -3.40. The first-order valence-corrected chi connectivity index (χ1v) is 13.7. The zero-order valence-corrected chi connectivity index (χ0v) is 22.9. The van der Waals surface area contributed by atoms with Crippen LogP contribution >= 0.6 is 11.8 Å². The predicted molar refractivity (Wildman–Crippen MR) is 149 cm³/mol. The largest absolute Gasteiger partial charge is 0.354 e. The van der Waals surface area contributed by atoms with Gasteiger partial charge in [-0.2, -0.15) is 0 Å². The van der Waals surface area contributed by atoms with Crippen LogP contribution in [0.15, 0.2) is 40.9 Å². The molecule has 1 fully saturated rings. The van der Waals surface area contributed by atoms with E-state index in [2.05, 4.69) is 50.9 Å². The minimum absolute atomic E-state index is 0.186. The third kappa shape index (κ3) is 6.49. The summed E-state index contributed by atoms with van der Waals surface area (Å²) in [7, 11) is 1.99. The summed E-state index contributed by atoms with van der Waals surface area (Å²) in [6, 6.07) is 4.17. The molecular formula is C27H34N8OS. The number of aryl methyl sites for hydroxylation is 1. The normalized spacial score (nSPS) is 14.4. The highest BCUT2D eigenvalue weighted by Gasteiger charge is 2.30. The minimum Gasteiger partial charge on any atom is -0.354 e. The maximum Gasteiger partial charge on any atom is 0.185 e. The number of carbonyl (C=O) groups is 1. The summed E-state index contributed by atoms with van der Waals surface area (Å²) >= 11 is 1.69. The van der Waals surface area contributed by atoms with Gasteiger partial charge in [0.2, 0.25) is 0 Å². The Kier molecular flexibility index (Phi) is 8.81. The molecule has 1 saturated carbocycles. The first-order chi connectivity index (χ1) is 17.9. The molecule has 1 aliphatic carbocycles. The summed E-state index contributed by atoms with van der Waals surface area (Å²) in [5.74, 6) is 2.73. The van der Waals surface area contributed by atoms with Crippen LogP contribution in [0.2, 0.25) is 0 Å². The number of thioether (sulfide) groups is 1. The molecule has 0 amide bonds. The second kappa shape index (κ2) is 12.2. The lowest BCUT2D eigenvalue weighted by molar-refractivity contribution is -0.102. The third-order valence-corrected chi connectivity index (χ3v) is 7.33. The maximum atomic E-state index is 11.9. The van der Waals surface area contributed by atoms with E-state index < -0.39 is 0 Å². The zero-order valence-electron chi connectivity index (χ0n) is 22.1. The van der Waals surface area contributed by atoms with E-state index in [1.165, 1.54) is 0 Å². The van der Waals surface area contributed by atoms with Crippen LogP contribution in [0.1, 0.15) is 62.9 Å². The summed E-state index contributed by atoms with van der Waals surface area (Å²) in [4.78, 5) is 41.6. The number of nitrogens with one attached hydrogen (secondary N) is 1. The Morgan fingerprint density at radius 2 is 2.03 bits per heavy atom. The molecule has 1 atom stereocenters. The van der Waals surface area contributed by atoms with Gasteiger partial charge < -0.3 is 10.2 Å². The molecule has 10 heteroatoms. The third-order valence-electron chi connectivity index (χ3n) is 6.51. The Morgan fingerprint density at radius 3 is 2.68 bits per heavy atom. The summed E-state index contributed by atoms with van der Waals surface area (Å²) in [6.45, 7) is 8.66. The monoisotopic (exact) mass is 518 g/mol. The molecule has 0 radical (unpaired) electrons. The van der Waals surface area contributed by atoms with Crippen LogP contribution in [0.5, 0.6) is 0 Å². The Balaban J connectivity index is 1.65. The van der Waals surface area contributed by atoms with Gasteiger partial charge >= 0.3 is 0 Å². The molecule has 194 valence electrons. The molecule has 0 saturated heterocycles. The second-order valence-corrected chi connectivity index (χ2v) is 10.5. The maximum absolute atomic E-state index is 11.9. The lowest BCUT2D eigenvalue weighted by Gasteiger charge is -2.27. The highest BCUT2D eigenvalue weighted by atomic mass is 32.2. The van der Waals surface area contributed by atoms with E-state index in [0.29, 0.717) is 30.4 Å². The average Bonchev–Trinajstić information content (AvgIpc) is 3.77. The molecule has 0 aliphatic heterocycles. The zero-order chi connectivity index (χ0) is 26.4. The fourth-order valence-electron chi connectivity index (χ4n) is 3.93. The van der Waals surface area contributed by atoms with E-state index in [1.807, 2.05) is 26.1 Å². The van der Waals surface area contributed by atoms with Gasteiger partial charge in [0.15, 0.2) is 23.8 Å². The number of hydrogen-bond donors (Lipinski definition) is 1. The van der Waals surface area contributed by atoms with E-state index in [4.69, 9.17) is 9.97 Å². The molecule has 0 spiro atoms. The van der Waals surface area contributed by atoms with Gasteiger partial charge in [0.25, 0.3) is 0 Å². The van der Waals surface area contributed by atoms with Crippen molar-refractivity contribution in [2.45, 2.75) is 70.5 Å². The van der Waals surface area contributed by atoms with Gasteiger partial charge in [-0.15, -0.1) is 11.8 Å². The molecule has 0 aromatic carbocycles. The van der Waals surface area contributed by atoms with Gasteiger partial charge in [-0.1, -0.05) is 19.9 Å². The number of amidine groups is 1. The smallest absolute Gasteiger partial charge is 0.185 e. The van der Waals surface area contributed by atoms with E-state index in [1.54, 1.807) is 30.5 Å². The van der Waals surface area contributed by atoms with Crippen molar-refractivity contribution >= 4 is 35.5 Å². The first kappa shape index (κ1) is 26.7. The van der Waals surface area contributed by atoms with Gasteiger partial charge in [0, 0.05) is 30.8 Å². The number of carbonyl (C=O) groups excluding carboxylic acids is 1. The number of hydrogen-bond acceptors (Lipinski definition) is 9. The Labute approximate surface area is 222 Å². The number of anilines is 2. The van der Waals surface area contributed by atoms with Crippen LogP contribution < -0.4 is 10.2 Å². The molecule has 3 heterocycles. The topological polar surface area (TPSA) is 109 Å². The average molecular weight is 519 g/mol. The molecule has 1 N–H and O–H groups in total. The van der Waals surface area contributed by atoms with E-state index >= 15 is 0 Å². The van der Waals surface area contributed by atoms with Crippen molar-refractivity contribution in [3.05, 3.63) is 47.8 Å². The molecule has 4 rings (SSSR count). The van der Waals surface area contributed by atoms with Gasteiger partial charge in [-0.25, -0.2) is 24.9 Å². The van der Waals surface area contributed by atoms with Crippen molar-refractivity contribution in [1.82, 2.24) is 24.9 Å². The van der Waals surface area contributed by atoms with E-state index in [0.717, 1.165) is 58.2 Å². The summed E-state index contributed by atoms with van der Waals surface area (Å²) in [5.41, 5.74) is 4.52. The molecule has 9 nitrogen and oxygen atoms in total. The minimum atomic E-state index is 0.186. The fraction of sp³-hybridized carbons (Fsp3) is 0.444. The van der Waals surface area contributed by atoms with Crippen molar-refractivity contribution in [2.75, 3.05) is 23.0 Å². The van der Waals surface area contributed by atoms with E-state index in [9.17, 15) is 4.79 Å². The molecule has 3 aromatic rings. The van der Waals surface area contributed by atoms with Gasteiger partial charge in [-0.3, -0.25) is 9.79 Å². The number of nitrogens with zero attached hydrogens (tertiary/aromatic N) is 7. The van der Waals surface area contributed by atoms with Gasteiger partial charge in [0.05, 0.1) is 34.8 Å². The van der Waals surface area contributed by atoms with Crippen LogP contribution in [0.3, 0.4) is 0 Å². The highest BCUT2D eigenvalue weighted by molar-refractivity contribution is 7.99. The molecular weight excluding hydrogens is 484 g/mol. The molecule has 0 bridgehead atoms. The van der Waals surface area contributed by atoms with Crippen molar-refractivity contribution in [1.29, 1.82) is 0 Å². The van der Waals surface area contributed by atoms with Crippen LogP contribution in [0.4, 0.5) is 11.6 Å². The Bertz CT molecular complexity index is 1260. The van der Waals surface area contributed by atoms with Crippen LogP contribution in [0.25, 0.3) is 11.3 Å². The van der Waals surface area contributed by atoms with Crippen LogP contribution in [-0.2, 0) is 11.3 Å². The van der Waals surface area contributed by atoms with Crippen molar-refractivity contribution < 1.29 is 4.79 Å². The molecule has 37 heavy (non-hydrogen) atoms. The van der Waals surface area contributed by atoms with Crippen LogP contribution in [-0.4, -0.2) is 55.9 Å². The summed E-state index contributed by atoms with van der Waals surface area (Å²) in [6.07, 6.45) is 9.04. The summed E-state index contributed by atoms with van der Waals surface area (Å²) in [5, 5.41) is 4.09. The van der Waals surface area contributed by atoms with Crippen molar-refractivity contribution in [2.24, 2.45) is 4.99 Å². The number of aromatic nitrogens is 5. The van der Waals surface area contributed by atoms with Crippen molar-refractivity contribution in [3.8, 4) is 11.3 Å². The second-order valence-electron chi connectivity index (χ2n) is 9.17. The van der Waals surface area contributed by atoms with Gasteiger partial charge in [-0.05, 0) is 50.5 Å². The molecule has 1 aliphatic rings. The quantitative estimate of drug-likeness (QED) is 0.161.